The Hall–Kier alpha value is -0.280. The van der Waals surface area contributed by atoms with Crippen molar-refractivity contribution < 1.29 is 4.79 Å². The van der Waals surface area contributed by atoms with Crippen LogP contribution in [0.2, 0.25) is 0 Å². The molecule has 2 aliphatic rings. The third kappa shape index (κ3) is 1.23. The summed E-state index contributed by atoms with van der Waals surface area (Å²) in [4.78, 5) is 11.1. The quantitative estimate of drug-likeness (QED) is 0.593. The van der Waals surface area contributed by atoms with Crippen molar-refractivity contribution in [3.8, 4) is 0 Å². The van der Waals surface area contributed by atoms with Crippen LogP contribution in [0.1, 0.15) is 19.3 Å². The van der Waals surface area contributed by atoms with E-state index in [1.807, 2.05) is 0 Å². The van der Waals surface area contributed by atoms with Crippen LogP contribution in [0.3, 0.4) is 0 Å². The third-order valence-electron chi connectivity index (χ3n) is 2.55. The van der Waals surface area contributed by atoms with Gasteiger partial charge in [0, 0.05) is 6.54 Å². The first kappa shape index (κ1) is 8.81. The number of amides is 1. The molecule has 0 spiro atoms. The van der Waals surface area contributed by atoms with E-state index in [4.69, 9.17) is 5.73 Å². The second-order valence-corrected chi connectivity index (χ2v) is 3.32. The average molecular weight is 177 g/mol. The van der Waals surface area contributed by atoms with E-state index in [0.717, 1.165) is 25.8 Å². The van der Waals surface area contributed by atoms with E-state index in [2.05, 4.69) is 5.32 Å². The smallest absolute Gasteiger partial charge is 0.240 e. The van der Waals surface area contributed by atoms with Gasteiger partial charge in [0.15, 0.2) is 0 Å². The zero-order valence-corrected chi connectivity index (χ0v) is 7.12. The minimum atomic E-state index is -0.486. The van der Waals surface area contributed by atoms with Crippen LogP contribution in [0.4, 0.5) is 0 Å². The van der Waals surface area contributed by atoms with Crippen molar-refractivity contribution in [3.63, 3.8) is 0 Å². The molecule has 1 aliphatic heterocycles. The summed E-state index contributed by atoms with van der Waals surface area (Å²) >= 11 is 0. The molecule has 1 saturated heterocycles. The van der Waals surface area contributed by atoms with Crippen molar-refractivity contribution in [2.45, 2.75) is 24.8 Å². The summed E-state index contributed by atoms with van der Waals surface area (Å²) in [5.74, 6) is 0.546. The topological polar surface area (TPSA) is 55.1 Å². The van der Waals surface area contributed by atoms with E-state index in [0.29, 0.717) is 5.92 Å². The fourth-order valence-corrected chi connectivity index (χ4v) is 1.65. The minimum Gasteiger partial charge on any atom is -0.354 e. The molecule has 1 atom stereocenters. The van der Waals surface area contributed by atoms with Gasteiger partial charge < -0.3 is 11.1 Å². The molecule has 2 fully saturated rings. The van der Waals surface area contributed by atoms with Crippen molar-refractivity contribution in [3.05, 3.63) is 0 Å². The predicted octanol–water partition coefficient (Wildman–Crippen LogP) is 0.0356. The maximum atomic E-state index is 11.1. The Morgan fingerprint density at radius 3 is 2.55 bits per heavy atom. The third-order valence-corrected chi connectivity index (χ3v) is 2.55. The molecule has 1 heterocycles. The van der Waals surface area contributed by atoms with E-state index in [1.165, 1.54) is 0 Å². The van der Waals surface area contributed by atoms with E-state index >= 15 is 0 Å². The summed E-state index contributed by atoms with van der Waals surface area (Å²) in [6.45, 7) is 0.770. The molecular weight excluding hydrogens is 164 g/mol. The molecule has 0 aromatic rings. The lowest BCUT2D eigenvalue weighted by molar-refractivity contribution is -0.124. The lowest BCUT2D eigenvalue weighted by Gasteiger charge is -2.18. The van der Waals surface area contributed by atoms with Gasteiger partial charge in [0.05, 0.1) is 5.54 Å². The number of halogens is 1. The van der Waals surface area contributed by atoms with Gasteiger partial charge in [-0.15, -0.1) is 12.4 Å². The van der Waals surface area contributed by atoms with Crippen molar-refractivity contribution in [2.24, 2.45) is 11.7 Å². The Bertz CT molecular complexity index is 181. The van der Waals surface area contributed by atoms with Crippen LogP contribution in [0.25, 0.3) is 0 Å². The maximum absolute atomic E-state index is 11.1. The normalized spacial score (nSPS) is 36.3. The molecule has 1 aliphatic carbocycles. The van der Waals surface area contributed by atoms with E-state index in [1.54, 1.807) is 0 Å². The Labute approximate surface area is 72.1 Å². The van der Waals surface area contributed by atoms with Crippen molar-refractivity contribution >= 4 is 18.3 Å². The SMILES string of the molecule is Cl.NC1(C2CC2)CCNC1=O. The lowest BCUT2D eigenvalue weighted by atomic mass is 9.93. The van der Waals surface area contributed by atoms with Gasteiger partial charge >= 0.3 is 0 Å². The number of nitrogens with one attached hydrogen (secondary N) is 1. The molecule has 11 heavy (non-hydrogen) atoms. The van der Waals surface area contributed by atoms with Gasteiger partial charge in [-0.25, -0.2) is 0 Å². The van der Waals surface area contributed by atoms with Crippen LogP contribution in [-0.2, 0) is 4.79 Å². The largest absolute Gasteiger partial charge is 0.354 e. The summed E-state index contributed by atoms with van der Waals surface area (Å²) < 4.78 is 0. The molecular formula is C7H13ClN2O. The summed E-state index contributed by atoms with van der Waals surface area (Å²) in [7, 11) is 0. The Morgan fingerprint density at radius 2 is 2.18 bits per heavy atom. The number of carbonyl (C=O) groups excluding carboxylic acids is 1. The second-order valence-electron chi connectivity index (χ2n) is 3.32. The first-order valence-electron chi connectivity index (χ1n) is 3.81. The molecule has 0 bridgehead atoms. The molecule has 0 aromatic heterocycles. The molecule has 1 unspecified atom stereocenters. The minimum absolute atomic E-state index is 0. The first-order chi connectivity index (χ1) is 4.73. The van der Waals surface area contributed by atoms with Crippen molar-refractivity contribution in [1.29, 1.82) is 0 Å². The van der Waals surface area contributed by atoms with Crippen LogP contribution < -0.4 is 11.1 Å². The van der Waals surface area contributed by atoms with Crippen LogP contribution in [-0.4, -0.2) is 18.0 Å². The van der Waals surface area contributed by atoms with Crippen LogP contribution in [0.5, 0.6) is 0 Å². The zero-order chi connectivity index (χ0) is 7.19. The fourth-order valence-electron chi connectivity index (χ4n) is 1.65. The summed E-state index contributed by atoms with van der Waals surface area (Å²) in [6, 6.07) is 0. The van der Waals surface area contributed by atoms with E-state index < -0.39 is 5.54 Å². The second kappa shape index (κ2) is 2.64. The fraction of sp³-hybridized carbons (Fsp3) is 0.857. The molecule has 2 rings (SSSR count). The van der Waals surface area contributed by atoms with E-state index in [-0.39, 0.29) is 18.3 Å². The molecule has 4 heteroatoms. The van der Waals surface area contributed by atoms with Crippen LogP contribution in [0, 0.1) is 5.92 Å². The molecule has 1 saturated carbocycles. The Kier molecular flexibility index (Phi) is 2.12. The Balaban J connectivity index is 0.000000605. The molecule has 3 nitrogen and oxygen atoms in total. The van der Waals surface area contributed by atoms with Gasteiger partial charge in [-0.1, -0.05) is 0 Å². The molecule has 64 valence electrons. The van der Waals surface area contributed by atoms with Gasteiger partial charge in [-0.3, -0.25) is 4.79 Å². The maximum Gasteiger partial charge on any atom is 0.240 e. The van der Waals surface area contributed by atoms with Gasteiger partial charge in [-0.05, 0) is 25.2 Å². The van der Waals surface area contributed by atoms with Crippen LogP contribution in [0.15, 0.2) is 0 Å². The predicted molar refractivity (Wildman–Crippen MR) is 44.5 cm³/mol. The van der Waals surface area contributed by atoms with Gasteiger partial charge in [0.1, 0.15) is 0 Å². The number of rotatable bonds is 1. The average Bonchev–Trinajstić information content (AvgIpc) is 2.65. The highest BCUT2D eigenvalue weighted by atomic mass is 35.5. The molecule has 1 amide bonds. The monoisotopic (exact) mass is 176 g/mol. The number of hydrogen-bond acceptors (Lipinski definition) is 2. The summed E-state index contributed by atoms with van der Waals surface area (Å²) in [5.41, 5.74) is 5.41. The highest BCUT2D eigenvalue weighted by Crippen LogP contribution is 2.41. The van der Waals surface area contributed by atoms with E-state index in [9.17, 15) is 4.79 Å². The number of carbonyl (C=O) groups is 1. The van der Waals surface area contributed by atoms with Crippen molar-refractivity contribution in [2.75, 3.05) is 6.54 Å². The summed E-state index contributed by atoms with van der Waals surface area (Å²) in [6.07, 6.45) is 3.12. The highest BCUT2D eigenvalue weighted by molar-refractivity contribution is 5.88. The van der Waals surface area contributed by atoms with Crippen LogP contribution >= 0.6 is 12.4 Å². The number of nitrogens with two attached hydrogens (primary N) is 1. The first-order valence-corrected chi connectivity index (χ1v) is 3.81. The Morgan fingerprint density at radius 1 is 1.55 bits per heavy atom. The summed E-state index contributed by atoms with van der Waals surface area (Å²) in [5, 5.41) is 2.77. The standard InChI is InChI=1S/C7H12N2O.ClH/c8-7(5-1-2-5)3-4-9-6(7)10;/h5H,1-4,8H2,(H,9,10);1H. The molecule has 3 N–H and O–H groups in total. The van der Waals surface area contributed by atoms with Crippen molar-refractivity contribution in [1.82, 2.24) is 5.32 Å². The van der Waals surface area contributed by atoms with Gasteiger partial charge in [0.25, 0.3) is 0 Å². The zero-order valence-electron chi connectivity index (χ0n) is 6.30. The highest BCUT2D eigenvalue weighted by Gasteiger charge is 2.50. The molecule has 0 aromatic carbocycles. The van der Waals surface area contributed by atoms with Gasteiger partial charge in [-0.2, -0.15) is 0 Å². The molecule has 0 radical (unpaired) electrons. The van der Waals surface area contributed by atoms with Gasteiger partial charge in [0.2, 0.25) is 5.91 Å². The lowest BCUT2D eigenvalue weighted by Crippen LogP contribution is -2.48. The number of hydrogen-bond donors (Lipinski definition) is 2.